The number of carbonyl (C=O) groups excluding carboxylic acids is 1. The average Bonchev–Trinajstić information content (AvgIpc) is 3.31. The third-order valence-corrected chi connectivity index (χ3v) is 4.80. The van der Waals surface area contributed by atoms with Crippen molar-refractivity contribution in [3.63, 3.8) is 0 Å². The van der Waals surface area contributed by atoms with Crippen LogP contribution in [0.5, 0.6) is 5.75 Å². The van der Waals surface area contributed by atoms with Crippen molar-refractivity contribution in [2.45, 2.75) is 12.8 Å². The van der Waals surface area contributed by atoms with Crippen molar-refractivity contribution in [3.8, 4) is 22.9 Å². The number of amides is 1. The molecule has 4 rings (SSSR count). The molecule has 1 saturated carbocycles. The molecule has 6 nitrogen and oxygen atoms in total. The second kappa shape index (κ2) is 6.52. The number of anilines is 1. The van der Waals surface area contributed by atoms with Crippen LogP contribution in [0.2, 0.25) is 0 Å². The van der Waals surface area contributed by atoms with Crippen molar-refractivity contribution in [3.05, 3.63) is 42.6 Å². The molecule has 1 aromatic carbocycles. The number of pyridine rings is 1. The highest BCUT2D eigenvalue weighted by atomic mass is 16.5. The fourth-order valence-corrected chi connectivity index (χ4v) is 3.29. The zero-order valence-corrected chi connectivity index (χ0v) is 14.3. The van der Waals surface area contributed by atoms with Crippen LogP contribution in [0.25, 0.3) is 22.2 Å². The number of rotatable bonds is 5. The van der Waals surface area contributed by atoms with Gasteiger partial charge >= 0.3 is 0 Å². The van der Waals surface area contributed by atoms with Gasteiger partial charge in [-0.05, 0) is 30.5 Å². The van der Waals surface area contributed by atoms with Gasteiger partial charge in [-0.15, -0.1) is 0 Å². The summed E-state index contributed by atoms with van der Waals surface area (Å²) in [6.45, 7) is 0. The van der Waals surface area contributed by atoms with Crippen LogP contribution in [-0.4, -0.2) is 23.0 Å². The molecule has 1 aliphatic rings. The SMILES string of the molecule is COc1ccccc1-c1c[nH]c2nc(NC(=O)[C@H]3C[C@@H]3CC#N)ccc12. The predicted octanol–water partition coefficient (Wildman–Crippen LogP) is 3.73. The van der Waals surface area contributed by atoms with Crippen molar-refractivity contribution in [1.29, 1.82) is 5.26 Å². The Morgan fingerprint density at radius 2 is 2.19 bits per heavy atom. The summed E-state index contributed by atoms with van der Waals surface area (Å²) >= 11 is 0. The van der Waals surface area contributed by atoms with E-state index < -0.39 is 0 Å². The lowest BCUT2D eigenvalue weighted by atomic mass is 10.0. The number of aromatic amines is 1. The number of methoxy groups -OCH3 is 1. The monoisotopic (exact) mass is 346 g/mol. The van der Waals surface area contributed by atoms with E-state index in [0.29, 0.717) is 17.9 Å². The summed E-state index contributed by atoms with van der Waals surface area (Å²) < 4.78 is 5.44. The van der Waals surface area contributed by atoms with Gasteiger partial charge in [0.05, 0.1) is 13.2 Å². The van der Waals surface area contributed by atoms with E-state index in [9.17, 15) is 4.79 Å². The number of nitriles is 1. The van der Waals surface area contributed by atoms with Gasteiger partial charge in [-0.2, -0.15) is 5.26 Å². The van der Waals surface area contributed by atoms with Gasteiger partial charge in [0, 0.05) is 35.0 Å². The van der Waals surface area contributed by atoms with Gasteiger partial charge in [-0.1, -0.05) is 18.2 Å². The summed E-state index contributed by atoms with van der Waals surface area (Å²) in [7, 11) is 1.65. The van der Waals surface area contributed by atoms with Gasteiger partial charge in [0.2, 0.25) is 5.91 Å². The molecular formula is C20H18N4O2. The summed E-state index contributed by atoms with van der Waals surface area (Å²) in [6, 6.07) is 13.7. The molecule has 0 bridgehead atoms. The number of nitrogens with zero attached hydrogens (tertiary/aromatic N) is 2. The highest BCUT2D eigenvalue weighted by Gasteiger charge is 2.42. The van der Waals surface area contributed by atoms with Crippen molar-refractivity contribution in [2.24, 2.45) is 11.8 Å². The fraction of sp³-hybridized carbons (Fsp3) is 0.250. The lowest BCUT2D eigenvalue weighted by Gasteiger charge is -2.07. The molecule has 0 unspecified atom stereocenters. The van der Waals surface area contributed by atoms with Crippen molar-refractivity contribution in [1.82, 2.24) is 9.97 Å². The van der Waals surface area contributed by atoms with Gasteiger partial charge in [0.15, 0.2) is 0 Å². The van der Waals surface area contributed by atoms with E-state index in [1.165, 1.54) is 0 Å². The minimum atomic E-state index is -0.0695. The second-order valence-electron chi connectivity index (χ2n) is 6.45. The predicted molar refractivity (Wildman–Crippen MR) is 98.5 cm³/mol. The molecule has 2 atom stereocenters. The molecule has 0 radical (unpaired) electrons. The molecule has 2 heterocycles. The summed E-state index contributed by atoms with van der Waals surface area (Å²) in [5.41, 5.74) is 2.68. The molecule has 130 valence electrons. The van der Waals surface area contributed by atoms with Gasteiger partial charge in [-0.25, -0.2) is 4.98 Å². The maximum atomic E-state index is 12.2. The number of ether oxygens (including phenoxy) is 1. The Bertz CT molecular complexity index is 1020. The summed E-state index contributed by atoms with van der Waals surface area (Å²) in [5, 5.41) is 12.5. The number of fused-ring (bicyclic) bond motifs is 1. The van der Waals surface area contributed by atoms with E-state index >= 15 is 0 Å². The van der Waals surface area contributed by atoms with Gasteiger partial charge in [0.1, 0.15) is 17.2 Å². The molecule has 1 fully saturated rings. The fourth-order valence-electron chi connectivity index (χ4n) is 3.29. The molecule has 6 heteroatoms. The Kier molecular flexibility index (Phi) is 4.05. The first kappa shape index (κ1) is 16.2. The topological polar surface area (TPSA) is 90.8 Å². The zero-order valence-electron chi connectivity index (χ0n) is 14.3. The number of hydrogen-bond acceptors (Lipinski definition) is 4. The van der Waals surface area contributed by atoms with Gasteiger partial charge in [-0.3, -0.25) is 4.79 Å². The van der Waals surface area contributed by atoms with Gasteiger partial charge in [0.25, 0.3) is 0 Å². The van der Waals surface area contributed by atoms with Crippen LogP contribution < -0.4 is 10.1 Å². The molecule has 3 aromatic rings. The summed E-state index contributed by atoms with van der Waals surface area (Å²) in [4.78, 5) is 19.9. The quantitative estimate of drug-likeness (QED) is 0.736. The Labute approximate surface area is 150 Å². The van der Waals surface area contributed by atoms with E-state index in [4.69, 9.17) is 10.00 Å². The van der Waals surface area contributed by atoms with Crippen molar-refractivity contribution < 1.29 is 9.53 Å². The van der Waals surface area contributed by atoms with Crippen LogP contribution in [0.15, 0.2) is 42.6 Å². The molecular weight excluding hydrogens is 328 g/mol. The number of nitrogens with one attached hydrogen (secondary N) is 2. The number of aromatic nitrogens is 2. The maximum absolute atomic E-state index is 12.2. The standard InChI is InChI=1S/C20H18N4O2/c1-26-17-5-3-2-4-13(17)16-11-22-19-14(16)6-7-18(23-19)24-20(25)15-10-12(15)8-9-21/h2-7,11-12,15H,8,10H2,1H3,(H2,22,23,24,25)/t12-,15-/m0/s1. The highest BCUT2D eigenvalue weighted by Crippen LogP contribution is 2.41. The zero-order chi connectivity index (χ0) is 18.1. The van der Waals surface area contributed by atoms with Crippen LogP contribution in [0.1, 0.15) is 12.8 Å². The van der Waals surface area contributed by atoms with E-state index in [-0.39, 0.29) is 17.7 Å². The Morgan fingerprint density at radius 3 is 3.00 bits per heavy atom. The van der Waals surface area contributed by atoms with E-state index in [1.807, 2.05) is 36.5 Å². The second-order valence-corrected chi connectivity index (χ2v) is 6.45. The van der Waals surface area contributed by atoms with Crippen molar-refractivity contribution in [2.75, 3.05) is 12.4 Å². The number of para-hydroxylation sites is 1. The van der Waals surface area contributed by atoms with Crippen LogP contribution >= 0.6 is 0 Å². The normalized spacial score (nSPS) is 18.3. The molecule has 1 amide bonds. The molecule has 0 spiro atoms. The van der Waals surface area contributed by atoms with E-state index in [1.54, 1.807) is 13.2 Å². The van der Waals surface area contributed by atoms with Crippen LogP contribution in [0.4, 0.5) is 5.82 Å². The van der Waals surface area contributed by atoms with Crippen LogP contribution in [0.3, 0.4) is 0 Å². The minimum Gasteiger partial charge on any atom is -0.496 e. The first-order chi connectivity index (χ1) is 12.7. The Balaban J connectivity index is 1.58. The number of benzene rings is 1. The molecule has 1 aliphatic carbocycles. The number of hydrogen-bond donors (Lipinski definition) is 2. The smallest absolute Gasteiger partial charge is 0.228 e. The Hall–Kier alpha value is -3.33. The largest absolute Gasteiger partial charge is 0.496 e. The average molecular weight is 346 g/mol. The minimum absolute atomic E-state index is 0.0615. The molecule has 2 N–H and O–H groups in total. The Morgan fingerprint density at radius 1 is 1.35 bits per heavy atom. The maximum Gasteiger partial charge on any atom is 0.228 e. The number of H-pyrrole nitrogens is 1. The van der Waals surface area contributed by atoms with E-state index in [2.05, 4.69) is 21.4 Å². The lowest BCUT2D eigenvalue weighted by Crippen LogP contribution is -2.15. The highest BCUT2D eigenvalue weighted by molar-refractivity contribution is 5.98. The first-order valence-electron chi connectivity index (χ1n) is 8.50. The van der Waals surface area contributed by atoms with E-state index in [0.717, 1.165) is 28.7 Å². The molecule has 0 saturated heterocycles. The van der Waals surface area contributed by atoms with Gasteiger partial charge < -0.3 is 15.0 Å². The molecule has 2 aromatic heterocycles. The van der Waals surface area contributed by atoms with Crippen molar-refractivity contribution >= 4 is 22.8 Å². The first-order valence-corrected chi connectivity index (χ1v) is 8.50. The van der Waals surface area contributed by atoms with Crippen LogP contribution in [0, 0.1) is 23.2 Å². The third kappa shape index (κ3) is 2.88. The molecule has 0 aliphatic heterocycles. The lowest BCUT2D eigenvalue weighted by molar-refractivity contribution is -0.117. The number of carbonyl (C=O) groups is 1. The van der Waals surface area contributed by atoms with Crippen LogP contribution in [-0.2, 0) is 4.79 Å². The summed E-state index contributed by atoms with van der Waals surface area (Å²) in [6.07, 6.45) is 3.11. The molecule has 26 heavy (non-hydrogen) atoms. The summed E-state index contributed by atoms with van der Waals surface area (Å²) in [5.74, 6) is 1.36. The third-order valence-electron chi connectivity index (χ3n) is 4.80.